The number of nitriles is 1. The van der Waals surface area contributed by atoms with E-state index in [4.69, 9.17) is 5.26 Å². The fourth-order valence-corrected chi connectivity index (χ4v) is 1.75. The zero-order valence-corrected chi connectivity index (χ0v) is 8.04. The van der Waals surface area contributed by atoms with Gasteiger partial charge in [-0.2, -0.15) is 10.4 Å². The smallest absolute Gasteiger partial charge is 0.101 e. The summed E-state index contributed by atoms with van der Waals surface area (Å²) >= 11 is 0. The molecule has 68 valence electrons. The standard InChI is InChI=1S/C10H13N3/c1-8-6-9(12-13(8)2)10(7-11)4-3-5-10/h6H,3-5H2,1-2H3. The molecule has 0 amide bonds. The third-order valence-corrected chi connectivity index (χ3v) is 3.03. The van der Waals surface area contributed by atoms with E-state index in [-0.39, 0.29) is 5.41 Å². The van der Waals surface area contributed by atoms with Crippen molar-refractivity contribution in [2.24, 2.45) is 7.05 Å². The Morgan fingerprint density at radius 2 is 2.31 bits per heavy atom. The Morgan fingerprint density at radius 3 is 2.62 bits per heavy atom. The lowest BCUT2D eigenvalue weighted by Gasteiger charge is -2.33. The minimum absolute atomic E-state index is 0.258. The lowest BCUT2D eigenvalue weighted by atomic mass is 9.68. The largest absolute Gasteiger partial charge is 0.273 e. The van der Waals surface area contributed by atoms with Crippen molar-refractivity contribution in [1.82, 2.24) is 9.78 Å². The molecule has 0 aromatic carbocycles. The number of aryl methyl sites for hydroxylation is 2. The highest BCUT2D eigenvalue weighted by atomic mass is 15.3. The normalized spacial score (nSPS) is 19.2. The first-order valence-electron chi connectivity index (χ1n) is 4.60. The highest BCUT2D eigenvalue weighted by molar-refractivity contribution is 5.30. The Morgan fingerprint density at radius 1 is 1.62 bits per heavy atom. The van der Waals surface area contributed by atoms with E-state index in [1.54, 1.807) is 0 Å². The van der Waals surface area contributed by atoms with Crippen molar-refractivity contribution in [3.8, 4) is 6.07 Å². The minimum atomic E-state index is -0.258. The molecule has 1 aromatic rings. The second-order valence-corrected chi connectivity index (χ2v) is 3.84. The van der Waals surface area contributed by atoms with Gasteiger partial charge in [0.25, 0.3) is 0 Å². The molecule has 0 bridgehead atoms. The maximum atomic E-state index is 9.09. The molecule has 3 nitrogen and oxygen atoms in total. The molecule has 0 atom stereocenters. The quantitative estimate of drug-likeness (QED) is 0.651. The van der Waals surface area contributed by atoms with Crippen LogP contribution in [-0.2, 0) is 12.5 Å². The van der Waals surface area contributed by atoms with Crippen LogP contribution in [0.15, 0.2) is 6.07 Å². The fourth-order valence-electron chi connectivity index (χ4n) is 1.75. The van der Waals surface area contributed by atoms with Crippen LogP contribution < -0.4 is 0 Å². The summed E-state index contributed by atoms with van der Waals surface area (Å²) < 4.78 is 1.84. The van der Waals surface area contributed by atoms with Gasteiger partial charge in [-0.05, 0) is 32.3 Å². The molecule has 1 fully saturated rings. The number of hydrogen-bond donors (Lipinski definition) is 0. The van der Waals surface area contributed by atoms with Crippen molar-refractivity contribution in [3.63, 3.8) is 0 Å². The molecule has 1 aliphatic carbocycles. The zero-order valence-electron chi connectivity index (χ0n) is 8.04. The lowest BCUT2D eigenvalue weighted by Crippen LogP contribution is -2.32. The summed E-state index contributed by atoms with van der Waals surface area (Å²) in [5.74, 6) is 0. The maximum Gasteiger partial charge on any atom is 0.101 e. The van der Waals surface area contributed by atoms with E-state index in [0.29, 0.717) is 0 Å². The predicted octanol–water partition coefficient (Wildman–Crippen LogP) is 1.67. The summed E-state index contributed by atoms with van der Waals surface area (Å²) in [5.41, 5.74) is 1.82. The number of rotatable bonds is 1. The van der Waals surface area contributed by atoms with Crippen LogP contribution >= 0.6 is 0 Å². The van der Waals surface area contributed by atoms with Crippen molar-refractivity contribution < 1.29 is 0 Å². The predicted molar refractivity (Wildman–Crippen MR) is 49.1 cm³/mol. The first-order valence-corrected chi connectivity index (χ1v) is 4.60. The number of aromatic nitrogens is 2. The van der Waals surface area contributed by atoms with Crippen LogP contribution in [0, 0.1) is 18.3 Å². The first-order chi connectivity index (χ1) is 6.18. The van der Waals surface area contributed by atoms with E-state index < -0.39 is 0 Å². The topological polar surface area (TPSA) is 41.6 Å². The van der Waals surface area contributed by atoms with E-state index in [1.807, 2.05) is 24.7 Å². The van der Waals surface area contributed by atoms with Crippen LogP contribution in [0.3, 0.4) is 0 Å². The molecule has 0 unspecified atom stereocenters. The summed E-state index contributed by atoms with van der Waals surface area (Å²) in [4.78, 5) is 0. The molecule has 1 saturated carbocycles. The van der Waals surface area contributed by atoms with Gasteiger partial charge in [-0.25, -0.2) is 0 Å². The third-order valence-electron chi connectivity index (χ3n) is 3.03. The highest BCUT2D eigenvalue weighted by Gasteiger charge is 2.41. The average Bonchev–Trinajstić information content (AvgIpc) is 2.31. The Kier molecular flexibility index (Phi) is 1.66. The van der Waals surface area contributed by atoms with Gasteiger partial charge in [-0.3, -0.25) is 4.68 Å². The molecule has 1 aromatic heterocycles. The second kappa shape index (κ2) is 2.59. The summed E-state index contributed by atoms with van der Waals surface area (Å²) in [5, 5.41) is 13.5. The third kappa shape index (κ3) is 1.06. The van der Waals surface area contributed by atoms with E-state index in [2.05, 4.69) is 11.2 Å². The number of nitrogens with zero attached hydrogens (tertiary/aromatic N) is 3. The van der Waals surface area contributed by atoms with Gasteiger partial charge in [0, 0.05) is 12.7 Å². The van der Waals surface area contributed by atoms with Gasteiger partial charge in [0.15, 0.2) is 0 Å². The molecular weight excluding hydrogens is 162 g/mol. The van der Waals surface area contributed by atoms with Gasteiger partial charge in [0.1, 0.15) is 5.41 Å². The van der Waals surface area contributed by atoms with Gasteiger partial charge in [0.2, 0.25) is 0 Å². The van der Waals surface area contributed by atoms with Gasteiger partial charge in [-0.15, -0.1) is 0 Å². The van der Waals surface area contributed by atoms with Crippen molar-refractivity contribution in [2.45, 2.75) is 31.6 Å². The summed E-state index contributed by atoms with van der Waals surface area (Å²) in [6.45, 7) is 2.01. The van der Waals surface area contributed by atoms with Crippen LogP contribution in [0.25, 0.3) is 0 Å². The SMILES string of the molecule is Cc1cc(C2(C#N)CCC2)nn1C. The van der Waals surface area contributed by atoms with Crippen LogP contribution in [0.2, 0.25) is 0 Å². The second-order valence-electron chi connectivity index (χ2n) is 3.84. The van der Waals surface area contributed by atoms with E-state index in [0.717, 1.165) is 30.7 Å². The van der Waals surface area contributed by atoms with Crippen molar-refractivity contribution in [2.75, 3.05) is 0 Å². The Bertz CT molecular complexity index is 347. The molecule has 2 rings (SSSR count). The van der Waals surface area contributed by atoms with Crippen LogP contribution in [-0.4, -0.2) is 9.78 Å². The summed E-state index contributed by atoms with van der Waals surface area (Å²) in [7, 11) is 1.92. The summed E-state index contributed by atoms with van der Waals surface area (Å²) in [6.07, 6.45) is 3.10. The Labute approximate surface area is 78.0 Å². The van der Waals surface area contributed by atoms with Crippen LogP contribution in [0.1, 0.15) is 30.7 Å². The first kappa shape index (κ1) is 8.31. The molecule has 0 N–H and O–H groups in total. The molecule has 0 radical (unpaired) electrons. The Hall–Kier alpha value is -1.30. The van der Waals surface area contributed by atoms with Crippen LogP contribution in [0.4, 0.5) is 0 Å². The van der Waals surface area contributed by atoms with Gasteiger partial charge in [0.05, 0.1) is 11.8 Å². The molecule has 1 aliphatic rings. The van der Waals surface area contributed by atoms with Gasteiger partial charge in [-0.1, -0.05) is 0 Å². The zero-order chi connectivity index (χ0) is 9.47. The molecular formula is C10H13N3. The van der Waals surface area contributed by atoms with Crippen LogP contribution in [0.5, 0.6) is 0 Å². The molecule has 1 heterocycles. The number of hydrogen-bond acceptors (Lipinski definition) is 2. The molecule has 0 aliphatic heterocycles. The van der Waals surface area contributed by atoms with E-state index >= 15 is 0 Å². The van der Waals surface area contributed by atoms with Crippen molar-refractivity contribution >= 4 is 0 Å². The van der Waals surface area contributed by atoms with E-state index in [1.165, 1.54) is 0 Å². The highest BCUT2D eigenvalue weighted by Crippen LogP contribution is 2.42. The van der Waals surface area contributed by atoms with Crippen molar-refractivity contribution in [1.29, 1.82) is 5.26 Å². The molecule has 13 heavy (non-hydrogen) atoms. The average molecular weight is 175 g/mol. The molecule has 0 spiro atoms. The van der Waals surface area contributed by atoms with E-state index in [9.17, 15) is 0 Å². The summed E-state index contributed by atoms with van der Waals surface area (Å²) in [6, 6.07) is 4.43. The van der Waals surface area contributed by atoms with Gasteiger partial charge >= 0.3 is 0 Å². The van der Waals surface area contributed by atoms with Gasteiger partial charge < -0.3 is 0 Å². The maximum absolute atomic E-state index is 9.09. The lowest BCUT2D eigenvalue weighted by molar-refractivity contribution is 0.314. The monoisotopic (exact) mass is 175 g/mol. The fraction of sp³-hybridized carbons (Fsp3) is 0.600. The minimum Gasteiger partial charge on any atom is -0.273 e. The van der Waals surface area contributed by atoms with Crippen molar-refractivity contribution in [3.05, 3.63) is 17.5 Å². The molecule has 3 heteroatoms. The Balaban J connectivity index is 2.40. The molecule has 0 saturated heterocycles.